The predicted molar refractivity (Wildman–Crippen MR) is 131 cm³/mol. The van der Waals surface area contributed by atoms with Gasteiger partial charge < -0.3 is 10.1 Å². The Morgan fingerprint density at radius 3 is 2.97 bits per heavy atom. The molecule has 0 bridgehead atoms. The molecule has 0 saturated carbocycles. The predicted octanol–water partition coefficient (Wildman–Crippen LogP) is 2.31. The van der Waals surface area contributed by atoms with E-state index in [1.807, 2.05) is 12.1 Å². The molecule has 13 heteroatoms. The molecular weight excluding hydrogens is 490 g/mol. The van der Waals surface area contributed by atoms with Crippen molar-refractivity contribution >= 4 is 44.4 Å². The van der Waals surface area contributed by atoms with Crippen LogP contribution in [-0.4, -0.2) is 58.7 Å². The van der Waals surface area contributed by atoms with Crippen LogP contribution in [0.2, 0.25) is 0 Å². The Labute approximate surface area is 205 Å². The molecule has 1 amide bonds. The minimum atomic E-state index is -3.72. The van der Waals surface area contributed by atoms with Crippen molar-refractivity contribution in [3.8, 4) is 17.1 Å². The molecule has 0 fully saturated rings. The van der Waals surface area contributed by atoms with Gasteiger partial charge >= 0.3 is 0 Å². The van der Waals surface area contributed by atoms with Gasteiger partial charge in [0.05, 0.1) is 35.2 Å². The fourth-order valence-corrected chi connectivity index (χ4v) is 5.51. The van der Waals surface area contributed by atoms with Crippen molar-refractivity contribution in [2.75, 3.05) is 24.7 Å². The quantitative estimate of drug-likeness (QED) is 0.341. The lowest BCUT2D eigenvalue weighted by Gasteiger charge is -2.17. The van der Waals surface area contributed by atoms with Gasteiger partial charge in [-0.15, -0.1) is 16.9 Å². The van der Waals surface area contributed by atoms with Gasteiger partial charge in [-0.05, 0) is 36.8 Å². The zero-order chi connectivity index (χ0) is 24.4. The van der Waals surface area contributed by atoms with Crippen LogP contribution in [0.25, 0.3) is 22.3 Å². The van der Waals surface area contributed by atoms with E-state index in [0.29, 0.717) is 47.0 Å². The Morgan fingerprint density at radius 2 is 2.11 bits per heavy atom. The molecule has 180 valence electrons. The van der Waals surface area contributed by atoms with E-state index in [1.165, 1.54) is 23.9 Å². The molecule has 1 aliphatic heterocycles. The normalized spacial score (nSPS) is 13.5. The standard InChI is InChI=1S/C22H21N7O4S2/c1-33-21-6-4-16-22(26-21)15(7-9-23-16)18-12-29(28-27-18)10-2-8-24-35(31,32)14-3-5-19-17(11-14)25-20(30)13-34-19/h3-7,9,11-12,24H,2,8,10,13H2,1H3,(H,25,30). The second-order valence-corrected chi connectivity index (χ2v) is 10.5. The zero-order valence-corrected chi connectivity index (χ0v) is 20.3. The summed E-state index contributed by atoms with van der Waals surface area (Å²) in [6.07, 6.45) is 3.97. The molecule has 0 saturated heterocycles. The van der Waals surface area contributed by atoms with Gasteiger partial charge in [-0.2, -0.15) is 0 Å². The molecule has 0 unspecified atom stereocenters. The molecule has 1 aliphatic rings. The third kappa shape index (κ3) is 4.97. The number of aromatic nitrogens is 5. The fraction of sp³-hybridized carbons (Fsp3) is 0.227. The number of sulfonamides is 1. The highest BCUT2D eigenvalue weighted by atomic mass is 32.2. The van der Waals surface area contributed by atoms with Crippen LogP contribution in [-0.2, 0) is 21.4 Å². The number of methoxy groups -OCH3 is 1. The van der Waals surface area contributed by atoms with Crippen LogP contribution in [0.4, 0.5) is 5.69 Å². The smallest absolute Gasteiger partial charge is 0.240 e. The molecule has 5 rings (SSSR count). The summed E-state index contributed by atoms with van der Waals surface area (Å²) in [5.74, 6) is 0.655. The van der Waals surface area contributed by atoms with Crippen molar-refractivity contribution in [2.45, 2.75) is 22.8 Å². The highest BCUT2D eigenvalue weighted by molar-refractivity contribution is 8.00. The van der Waals surface area contributed by atoms with Gasteiger partial charge in [0.2, 0.25) is 21.8 Å². The van der Waals surface area contributed by atoms with Gasteiger partial charge in [0.1, 0.15) is 11.2 Å². The number of amides is 1. The number of thioether (sulfide) groups is 1. The van der Waals surface area contributed by atoms with E-state index in [9.17, 15) is 13.2 Å². The summed E-state index contributed by atoms with van der Waals surface area (Å²) in [5, 5.41) is 11.1. The molecule has 0 aliphatic carbocycles. The van der Waals surface area contributed by atoms with Crippen molar-refractivity contribution < 1.29 is 17.9 Å². The number of aryl methyl sites for hydroxylation is 1. The van der Waals surface area contributed by atoms with Gasteiger partial charge in [0.15, 0.2) is 0 Å². The third-order valence-electron chi connectivity index (χ3n) is 5.33. The minimum absolute atomic E-state index is 0.106. The van der Waals surface area contributed by atoms with Gasteiger partial charge in [-0.3, -0.25) is 14.5 Å². The molecule has 0 radical (unpaired) electrons. The van der Waals surface area contributed by atoms with Gasteiger partial charge in [-0.25, -0.2) is 18.1 Å². The number of ether oxygens (including phenoxy) is 1. The third-order valence-corrected chi connectivity index (χ3v) is 7.86. The summed E-state index contributed by atoms with van der Waals surface area (Å²) < 4.78 is 34.8. The largest absolute Gasteiger partial charge is 0.481 e. The van der Waals surface area contributed by atoms with Crippen LogP contribution >= 0.6 is 11.8 Å². The summed E-state index contributed by atoms with van der Waals surface area (Å²) in [6, 6.07) is 10.1. The molecule has 3 aromatic heterocycles. The lowest BCUT2D eigenvalue weighted by Crippen LogP contribution is -2.26. The van der Waals surface area contributed by atoms with Crippen molar-refractivity contribution in [2.24, 2.45) is 0 Å². The lowest BCUT2D eigenvalue weighted by molar-refractivity contribution is -0.113. The first-order valence-electron chi connectivity index (χ1n) is 10.7. The van der Waals surface area contributed by atoms with E-state index >= 15 is 0 Å². The van der Waals surface area contributed by atoms with Crippen LogP contribution in [0.5, 0.6) is 5.88 Å². The first kappa shape index (κ1) is 23.2. The molecular formula is C22H21N7O4S2. The van der Waals surface area contributed by atoms with Crippen molar-refractivity contribution in [3.63, 3.8) is 0 Å². The van der Waals surface area contributed by atoms with Crippen LogP contribution < -0.4 is 14.8 Å². The number of rotatable bonds is 8. The van der Waals surface area contributed by atoms with Crippen LogP contribution in [0.1, 0.15) is 6.42 Å². The van der Waals surface area contributed by atoms with E-state index < -0.39 is 10.0 Å². The number of hydrogen-bond acceptors (Lipinski definition) is 9. The molecule has 35 heavy (non-hydrogen) atoms. The van der Waals surface area contributed by atoms with Crippen molar-refractivity contribution in [1.29, 1.82) is 0 Å². The monoisotopic (exact) mass is 511 g/mol. The average Bonchev–Trinajstić information content (AvgIpc) is 3.34. The van der Waals surface area contributed by atoms with E-state index in [4.69, 9.17) is 4.74 Å². The molecule has 0 atom stereocenters. The molecule has 11 nitrogen and oxygen atoms in total. The summed E-state index contributed by atoms with van der Waals surface area (Å²) in [7, 11) is -2.16. The number of nitrogens with one attached hydrogen (secondary N) is 2. The number of fused-ring (bicyclic) bond motifs is 2. The minimum Gasteiger partial charge on any atom is -0.481 e. The first-order chi connectivity index (χ1) is 16.9. The number of pyridine rings is 2. The maximum atomic E-state index is 12.7. The molecule has 2 N–H and O–H groups in total. The van der Waals surface area contributed by atoms with E-state index in [-0.39, 0.29) is 17.3 Å². The summed E-state index contributed by atoms with van der Waals surface area (Å²) in [4.78, 5) is 21.4. The second kappa shape index (κ2) is 9.60. The SMILES string of the molecule is COc1ccc2nccc(-c3cn(CCCNS(=O)(=O)c4ccc5c(c4)NC(=O)CS5)nn3)c2n1. The van der Waals surface area contributed by atoms with Crippen LogP contribution in [0.3, 0.4) is 0 Å². The Morgan fingerprint density at radius 1 is 1.23 bits per heavy atom. The number of nitrogens with zero attached hydrogens (tertiary/aromatic N) is 5. The van der Waals surface area contributed by atoms with Crippen LogP contribution in [0, 0.1) is 0 Å². The van der Waals surface area contributed by atoms with E-state index in [1.54, 1.807) is 36.3 Å². The number of benzene rings is 1. The Hall–Kier alpha value is -3.55. The van der Waals surface area contributed by atoms with Crippen molar-refractivity contribution in [1.82, 2.24) is 29.7 Å². The van der Waals surface area contributed by atoms with E-state index in [2.05, 4.69) is 30.3 Å². The Kier molecular flexibility index (Phi) is 6.36. The summed E-state index contributed by atoms with van der Waals surface area (Å²) in [5.41, 5.74) is 3.30. The van der Waals surface area contributed by atoms with Gasteiger partial charge in [0, 0.05) is 35.8 Å². The number of anilines is 1. The number of carbonyl (C=O) groups is 1. The highest BCUT2D eigenvalue weighted by Crippen LogP contribution is 2.33. The van der Waals surface area contributed by atoms with Crippen molar-refractivity contribution in [3.05, 3.63) is 48.8 Å². The molecule has 0 spiro atoms. The topological polar surface area (TPSA) is 141 Å². The maximum absolute atomic E-state index is 12.7. The number of carbonyl (C=O) groups excluding carboxylic acids is 1. The average molecular weight is 512 g/mol. The summed E-state index contributed by atoms with van der Waals surface area (Å²) in [6.45, 7) is 0.679. The molecule has 1 aromatic carbocycles. The molecule has 4 heterocycles. The summed E-state index contributed by atoms with van der Waals surface area (Å²) >= 11 is 1.38. The van der Waals surface area contributed by atoms with Gasteiger partial charge in [-0.1, -0.05) is 5.21 Å². The Bertz CT molecular complexity index is 1520. The molecule has 4 aromatic rings. The van der Waals surface area contributed by atoms with Gasteiger partial charge in [0.25, 0.3) is 0 Å². The zero-order valence-electron chi connectivity index (χ0n) is 18.6. The Balaban J connectivity index is 1.22. The number of hydrogen-bond donors (Lipinski definition) is 2. The fourth-order valence-electron chi connectivity index (χ4n) is 3.62. The van der Waals surface area contributed by atoms with E-state index in [0.717, 1.165) is 10.5 Å². The second-order valence-electron chi connectivity index (χ2n) is 7.69. The van der Waals surface area contributed by atoms with Crippen LogP contribution in [0.15, 0.2) is 58.6 Å². The highest BCUT2D eigenvalue weighted by Gasteiger charge is 2.20. The lowest BCUT2D eigenvalue weighted by atomic mass is 10.1. The first-order valence-corrected chi connectivity index (χ1v) is 13.2. The maximum Gasteiger partial charge on any atom is 0.240 e.